The minimum absolute atomic E-state index is 0.0148. The maximum atomic E-state index is 11.3. The van der Waals surface area contributed by atoms with Crippen molar-refractivity contribution in [2.45, 2.75) is 25.8 Å². The lowest BCUT2D eigenvalue weighted by Gasteiger charge is -2.03. The summed E-state index contributed by atoms with van der Waals surface area (Å²) in [4.78, 5) is 29.2. The first-order chi connectivity index (χ1) is 7.68. The Morgan fingerprint density at radius 2 is 2.19 bits per heavy atom. The molecule has 0 fully saturated rings. The molecule has 6 heteroatoms. The number of aliphatic carboxylic acids is 1. The molecule has 0 aliphatic rings. The highest BCUT2D eigenvalue weighted by Gasteiger charge is 2.03. The molecule has 1 aromatic rings. The van der Waals surface area contributed by atoms with Crippen LogP contribution in [-0.4, -0.2) is 27.0 Å². The summed E-state index contributed by atoms with van der Waals surface area (Å²) in [5, 5.41) is 11.0. The molecule has 16 heavy (non-hydrogen) atoms. The van der Waals surface area contributed by atoms with E-state index in [2.05, 4.69) is 15.3 Å². The predicted octanol–water partition coefficient (Wildman–Crippen LogP) is 0.348. The predicted molar refractivity (Wildman–Crippen MR) is 55.4 cm³/mol. The van der Waals surface area contributed by atoms with E-state index in [-0.39, 0.29) is 18.7 Å². The van der Waals surface area contributed by atoms with Gasteiger partial charge in [0, 0.05) is 19.0 Å². The third-order valence-corrected chi connectivity index (χ3v) is 1.90. The van der Waals surface area contributed by atoms with Crippen LogP contribution in [0.2, 0.25) is 0 Å². The SMILES string of the molecule is O=C(O)CCCC(=O)NCc1ccncn1. The number of amides is 1. The van der Waals surface area contributed by atoms with Gasteiger partial charge in [-0.3, -0.25) is 9.59 Å². The first kappa shape index (κ1) is 12.1. The average molecular weight is 223 g/mol. The van der Waals surface area contributed by atoms with Crippen molar-refractivity contribution in [3.8, 4) is 0 Å². The fourth-order valence-corrected chi connectivity index (χ4v) is 1.10. The quantitative estimate of drug-likeness (QED) is 0.725. The number of rotatable bonds is 6. The van der Waals surface area contributed by atoms with Crippen LogP contribution in [0.3, 0.4) is 0 Å². The van der Waals surface area contributed by atoms with Gasteiger partial charge in [-0.05, 0) is 12.5 Å². The average Bonchev–Trinajstić information content (AvgIpc) is 2.27. The maximum Gasteiger partial charge on any atom is 0.303 e. The van der Waals surface area contributed by atoms with Crippen LogP contribution in [0.15, 0.2) is 18.6 Å². The number of carbonyl (C=O) groups excluding carboxylic acids is 1. The molecule has 0 aromatic carbocycles. The van der Waals surface area contributed by atoms with Crippen molar-refractivity contribution in [3.63, 3.8) is 0 Å². The Bertz CT molecular complexity index is 354. The lowest BCUT2D eigenvalue weighted by molar-refractivity contribution is -0.137. The second-order valence-corrected chi connectivity index (χ2v) is 3.22. The number of aromatic nitrogens is 2. The summed E-state index contributed by atoms with van der Waals surface area (Å²) >= 11 is 0. The van der Waals surface area contributed by atoms with Crippen molar-refractivity contribution in [2.24, 2.45) is 0 Å². The largest absolute Gasteiger partial charge is 0.481 e. The third-order valence-electron chi connectivity index (χ3n) is 1.90. The summed E-state index contributed by atoms with van der Waals surface area (Å²) in [5.74, 6) is -1.05. The van der Waals surface area contributed by atoms with Crippen molar-refractivity contribution in [3.05, 3.63) is 24.3 Å². The van der Waals surface area contributed by atoms with E-state index in [0.717, 1.165) is 5.69 Å². The molecule has 0 saturated carbocycles. The molecule has 1 heterocycles. The molecule has 0 unspecified atom stereocenters. The van der Waals surface area contributed by atoms with Gasteiger partial charge >= 0.3 is 5.97 Å². The van der Waals surface area contributed by atoms with E-state index in [9.17, 15) is 9.59 Å². The molecule has 6 nitrogen and oxygen atoms in total. The summed E-state index contributed by atoms with van der Waals surface area (Å²) in [6, 6.07) is 1.71. The van der Waals surface area contributed by atoms with Crippen LogP contribution >= 0.6 is 0 Å². The van der Waals surface area contributed by atoms with E-state index in [1.165, 1.54) is 6.33 Å². The molecule has 0 atom stereocenters. The van der Waals surface area contributed by atoms with Crippen LogP contribution in [0.1, 0.15) is 25.0 Å². The van der Waals surface area contributed by atoms with Gasteiger partial charge in [0.05, 0.1) is 12.2 Å². The second-order valence-electron chi connectivity index (χ2n) is 3.22. The standard InChI is InChI=1S/C10H13N3O3/c14-9(2-1-3-10(15)16)12-6-8-4-5-11-7-13-8/h4-5,7H,1-3,6H2,(H,12,14)(H,15,16). The highest BCUT2D eigenvalue weighted by Crippen LogP contribution is 1.96. The molecule has 1 amide bonds. The Morgan fingerprint density at radius 1 is 1.38 bits per heavy atom. The number of hydrogen-bond acceptors (Lipinski definition) is 4. The van der Waals surface area contributed by atoms with Gasteiger partial charge in [0.2, 0.25) is 5.91 Å². The second kappa shape index (κ2) is 6.49. The number of nitrogens with zero attached hydrogens (tertiary/aromatic N) is 2. The van der Waals surface area contributed by atoms with Crippen LogP contribution in [-0.2, 0) is 16.1 Å². The third kappa shape index (κ3) is 5.04. The van der Waals surface area contributed by atoms with Crippen molar-refractivity contribution in [1.82, 2.24) is 15.3 Å². The van der Waals surface area contributed by atoms with E-state index in [0.29, 0.717) is 13.0 Å². The minimum Gasteiger partial charge on any atom is -0.481 e. The fraction of sp³-hybridized carbons (Fsp3) is 0.400. The number of hydrogen-bond donors (Lipinski definition) is 2. The zero-order valence-electron chi connectivity index (χ0n) is 8.72. The van der Waals surface area contributed by atoms with Gasteiger partial charge in [0.15, 0.2) is 0 Å². The fourth-order valence-electron chi connectivity index (χ4n) is 1.10. The molecular formula is C10H13N3O3. The first-order valence-corrected chi connectivity index (χ1v) is 4.92. The zero-order chi connectivity index (χ0) is 11.8. The van der Waals surface area contributed by atoms with Crippen molar-refractivity contribution >= 4 is 11.9 Å². The van der Waals surface area contributed by atoms with Gasteiger partial charge in [0.1, 0.15) is 6.33 Å². The normalized spacial score (nSPS) is 9.75. The van der Waals surface area contributed by atoms with Crippen LogP contribution < -0.4 is 5.32 Å². The summed E-state index contributed by atoms with van der Waals surface area (Å²) in [7, 11) is 0. The number of carboxylic acid groups (broad SMARTS) is 1. The summed E-state index contributed by atoms with van der Waals surface area (Å²) in [5.41, 5.74) is 0.724. The van der Waals surface area contributed by atoms with Gasteiger partial charge in [-0.1, -0.05) is 0 Å². The summed E-state index contributed by atoms with van der Waals surface area (Å²) in [6.07, 6.45) is 3.59. The molecule has 0 aliphatic heterocycles. The Labute approximate surface area is 92.7 Å². The lowest BCUT2D eigenvalue weighted by Crippen LogP contribution is -2.23. The highest BCUT2D eigenvalue weighted by molar-refractivity contribution is 5.76. The van der Waals surface area contributed by atoms with Crippen LogP contribution in [0, 0.1) is 0 Å². The van der Waals surface area contributed by atoms with Gasteiger partial charge < -0.3 is 10.4 Å². The Balaban J connectivity index is 2.18. The van der Waals surface area contributed by atoms with Crippen LogP contribution in [0.4, 0.5) is 0 Å². The van der Waals surface area contributed by atoms with E-state index in [4.69, 9.17) is 5.11 Å². The van der Waals surface area contributed by atoms with Gasteiger partial charge in [0.25, 0.3) is 0 Å². The van der Waals surface area contributed by atoms with Gasteiger partial charge in [-0.25, -0.2) is 9.97 Å². The Morgan fingerprint density at radius 3 is 2.81 bits per heavy atom. The van der Waals surface area contributed by atoms with Crippen LogP contribution in [0.5, 0.6) is 0 Å². The number of nitrogens with one attached hydrogen (secondary N) is 1. The first-order valence-electron chi connectivity index (χ1n) is 4.92. The van der Waals surface area contributed by atoms with Crippen molar-refractivity contribution in [2.75, 3.05) is 0 Å². The molecule has 0 aliphatic carbocycles. The van der Waals surface area contributed by atoms with Gasteiger partial charge in [-0.2, -0.15) is 0 Å². The number of carbonyl (C=O) groups is 2. The molecule has 2 N–H and O–H groups in total. The Kier molecular flexibility index (Phi) is 4.91. The maximum absolute atomic E-state index is 11.3. The molecule has 1 rings (SSSR count). The molecular weight excluding hydrogens is 210 g/mol. The zero-order valence-corrected chi connectivity index (χ0v) is 8.72. The Hall–Kier alpha value is -1.98. The monoisotopic (exact) mass is 223 g/mol. The van der Waals surface area contributed by atoms with E-state index in [1.807, 2.05) is 0 Å². The van der Waals surface area contributed by atoms with Crippen molar-refractivity contribution in [1.29, 1.82) is 0 Å². The van der Waals surface area contributed by atoms with E-state index >= 15 is 0 Å². The molecule has 1 aromatic heterocycles. The topological polar surface area (TPSA) is 92.2 Å². The van der Waals surface area contributed by atoms with E-state index in [1.54, 1.807) is 12.3 Å². The highest BCUT2D eigenvalue weighted by atomic mass is 16.4. The summed E-state index contributed by atoms with van der Waals surface area (Å²) in [6.45, 7) is 0.342. The minimum atomic E-state index is -0.886. The van der Waals surface area contributed by atoms with Crippen LogP contribution in [0.25, 0.3) is 0 Å². The van der Waals surface area contributed by atoms with E-state index < -0.39 is 5.97 Å². The smallest absolute Gasteiger partial charge is 0.303 e. The molecule has 0 saturated heterocycles. The molecule has 0 radical (unpaired) electrons. The van der Waals surface area contributed by atoms with Gasteiger partial charge in [-0.15, -0.1) is 0 Å². The lowest BCUT2D eigenvalue weighted by atomic mass is 10.2. The molecule has 0 spiro atoms. The summed E-state index contributed by atoms with van der Waals surface area (Å²) < 4.78 is 0. The number of carboxylic acids is 1. The molecule has 86 valence electrons. The molecule has 0 bridgehead atoms. The van der Waals surface area contributed by atoms with Crippen molar-refractivity contribution < 1.29 is 14.7 Å².